The maximum Gasteiger partial charge on any atom is 0.243 e. The van der Waals surface area contributed by atoms with Gasteiger partial charge in [-0.2, -0.15) is 0 Å². The Bertz CT molecular complexity index is 892. The Hall–Kier alpha value is -2.04. The van der Waals surface area contributed by atoms with Crippen molar-refractivity contribution in [1.82, 2.24) is 10.5 Å². The molecular formula is C16H21N3O5S2. The van der Waals surface area contributed by atoms with E-state index in [0.29, 0.717) is 34.6 Å². The number of hydrogen-bond acceptors (Lipinski definition) is 7. The molecule has 26 heavy (non-hydrogen) atoms. The molecule has 0 unspecified atom stereocenters. The van der Waals surface area contributed by atoms with Gasteiger partial charge in [-0.05, 0) is 31.0 Å². The summed E-state index contributed by atoms with van der Waals surface area (Å²) in [5.41, 5.74) is 2.22. The van der Waals surface area contributed by atoms with E-state index in [1.807, 2.05) is 0 Å². The number of amides is 2. The number of hydroxylamine groups is 1. The highest BCUT2D eigenvalue weighted by atomic mass is 32.2. The summed E-state index contributed by atoms with van der Waals surface area (Å²) in [6.45, 7) is 0. The quantitative estimate of drug-likeness (QED) is 0.338. The van der Waals surface area contributed by atoms with Crippen molar-refractivity contribution >= 4 is 48.3 Å². The lowest BCUT2D eigenvalue weighted by molar-refractivity contribution is -0.129. The summed E-state index contributed by atoms with van der Waals surface area (Å²) in [6, 6.07) is 4.68. The predicted molar refractivity (Wildman–Crippen MR) is 99.0 cm³/mol. The first-order valence-corrected chi connectivity index (χ1v) is 10.8. The van der Waals surface area contributed by atoms with Crippen molar-refractivity contribution in [2.24, 2.45) is 0 Å². The van der Waals surface area contributed by atoms with Crippen LogP contribution < -0.4 is 10.8 Å². The van der Waals surface area contributed by atoms with Crippen molar-refractivity contribution < 1.29 is 23.2 Å². The second-order valence-electron chi connectivity index (χ2n) is 5.92. The maximum absolute atomic E-state index is 12.0. The fraction of sp³-hybridized carbons (Fsp3) is 0.438. The molecule has 0 fully saturated rings. The molecule has 1 heterocycles. The smallest absolute Gasteiger partial charge is 0.243 e. The van der Waals surface area contributed by atoms with Gasteiger partial charge in [0.15, 0.2) is 15.0 Å². The number of carbonyl (C=O) groups excluding carboxylic acids is 2. The van der Waals surface area contributed by atoms with Gasteiger partial charge in [0.2, 0.25) is 11.8 Å². The minimum atomic E-state index is -3.28. The molecule has 2 aromatic rings. The van der Waals surface area contributed by atoms with E-state index in [4.69, 9.17) is 5.21 Å². The average Bonchev–Trinajstić information content (AvgIpc) is 2.98. The number of sulfone groups is 1. The molecule has 0 saturated heterocycles. The van der Waals surface area contributed by atoms with Crippen molar-refractivity contribution in [2.45, 2.75) is 43.4 Å². The number of fused-ring (bicyclic) bond motifs is 1. The third-order valence-corrected chi connectivity index (χ3v) is 5.76. The summed E-state index contributed by atoms with van der Waals surface area (Å²) < 4.78 is 23.9. The van der Waals surface area contributed by atoms with Crippen LogP contribution >= 0.6 is 11.3 Å². The van der Waals surface area contributed by atoms with Gasteiger partial charge in [0, 0.05) is 19.1 Å². The predicted octanol–water partition coefficient (Wildman–Crippen LogP) is 2.48. The number of aromatic nitrogens is 1. The number of thiazole rings is 1. The molecular weight excluding hydrogens is 378 g/mol. The van der Waals surface area contributed by atoms with E-state index < -0.39 is 15.7 Å². The van der Waals surface area contributed by atoms with E-state index in [0.717, 1.165) is 19.1 Å². The van der Waals surface area contributed by atoms with Gasteiger partial charge in [0.1, 0.15) is 0 Å². The SMILES string of the molecule is CS(=O)(=O)c1ccc2nc(NC(=O)CCCCCCC(=O)NO)sc2c1. The van der Waals surface area contributed by atoms with Crippen LogP contribution in [0.3, 0.4) is 0 Å². The minimum Gasteiger partial charge on any atom is -0.302 e. The van der Waals surface area contributed by atoms with Crippen LogP contribution in [0, 0.1) is 0 Å². The fourth-order valence-corrected chi connectivity index (χ4v) is 3.99. The summed E-state index contributed by atoms with van der Waals surface area (Å²) in [5, 5.41) is 11.5. The molecule has 3 N–H and O–H groups in total. The lowest BCUT2D eigenvalue weighted by atomic mass is 10.1. The van der Waals surface area contributed by atoms with Gasteiger partial charge < -0.3 is 5.32 Å². The van der Waals surface area contributed by atoms with Gasteiger partial charge in [0.25, 0.3) is 0 Å². The van der Waals surface area contributed by atoms with Crippen LogP contribution in [0.1, 0.15) is 38.5 Å². The molecule has 0 aliphatic rings. The zero-order chi connectivity index (χ0) is 19.2. The topological polar surface area (TPSA) is 125 Å². The second-order valence-corrected chi connectivity index (χ2v) is 8.96. The lowest BCUT2D eigenvalue weighted by Crippen LogP contribution is -2.17. The van der Waals surface area contributed by atoms with Crippen molar-refractivity contribution in [3.8, 4) is 0 Å². The highest BCUT2D eigenvalue weighted by molar-refractivity contribution is 7.90. The number of benzene rings is 1. The zero-order valence-corrected chi connectivity index (χ0v) is 16.0. The van der Waals surface area contributed by atoms with E-state index in [-0.39, 0.29) is 17.2 Å². The van der Waals surface area contributed by atoms with Gasteiger partial charge in [0.05, 0.1) is 15.1 Å². The molecule has 0 bridgehead atoms. The largest absolute Gasteiger partial charge is 0.302 e. The monoisotopic (exact) mass is 399 g/mol. The molecule has 0 aliphatic heterocycles. The number of nitrogens with zero attached hydrogens (tertiary/aromatic N) is 1. The summed E-state index contributed by atoms with van der Waals surface area (Å²) in [6.07, 6.45) is 4.72. The zero-order valence-electron chi connectivity index (χ0n) is 14.3. The third-order valence-electron chi connectivity index (χ3n) is 3.72. The molecule has 10 heteroatoms. The first kappa shape index (κ1) is 20.3. The molecule has 8 nitrogen and oxygen atoms in total. The summed E-state index contributed by atoms with van der Waals surface area (Å²) in [4.78, 5) is 27.3. The van der Waals surface area contributed by atoms with Crippen LogP contribution in [-0.2, 0) is 19.4 Å². The summed E-state index contributed by atoms with van der Waals surface area (Å²) >= 11 is 1.23. The molecule has 0 spiro atoms. The van der Waals surface area contributed by atoms with E-state index in [1.54, 1.807) is 17.6 Å². The number of rotatable bonds is 9. The molecule has 1 aromatic heterocycles. The number of unbranched alkanes of at least 4 members (excludes halogenated alkanes) is 3. The van der Waals surface area contributed by atoms with Gasteiger partial charge in [-0.1, -0.05) is 24.2 Å². The standard InChI is InChI=1S/C16H21N3O5S2/c1-26(23,24)11-8-9-12-13(10-11)25-16(17-12)18-14(20)6-4-2-3-5-7-15(21)19-22/h8-10,22H,2-7H2,1H3,(H,19,21)(H,17,18,20). The first-order valence-electron chi connectivity index (χ1n) is 8.13. The van der Waals surface area contributed by atoms with Gasteiger partial charge in [-0.3, -0.25) is 14.8 Å². The Balaban J connectivity index is 1.81. The van der Waals surface area contributed by atoms with E-state index in [2.05, 4.69) is 10.3 Å². The first-order chi connectivity index (χ1) is 12.3. The van der Waals surface area contributed by atoms with Crippen molar-refractivity contribution in [2.75, 3.05) is 11.6 Å². The van der Waals surface area contributed by atoms with Gasteiger partial charge >= 0.3 is 0 Å². The highest BCUT2D eigenvalue weighted by Gasteiger charge is 2.12. The highest BCUT2D eigenvalue weighted by Crippen LogP contribution is 2.28. The normalized spacial score (nSPS) is 11.5. The number of nitrogens with one attached hydrogen (secondary N) is 2. The Kier molecular flexibility index (Phi) is 7.06. The Morgan fingerprint density at radius 1 is 1.12 bits per heavy atom. The van der Waals surface area contributed by atoms with Crippen LogP contribution in [0.5, 0.6) is 0 Å². The minimum absolute atomic E-state index is 0.152. The molecule has 2 rings (SSSR count). The number of carbonyl (C=O) groups is 2. The van der Waals surface area contributed by atoms with Crippen molar-refractivity contribution in [3.63, 3.8) is 0 Å². The summed E-state index contributed by atoms with van der Waals surface area (Å²) in [5.74, 6) is -0.557. The fourth-order valence-electron chi connectivity index (χ4n) is 2.35. The lowest BCUT2D eigenvalue weighted by Gasteiger charge is -2.02. The molecule has 0 radical (unpaired) electrons. The molecule has 0 aliphatic carbocycles. The molecule has 0 saturated carbocycles. The van der Waals surface area contributed by atoms with Crippen LogP contribution in [-0.4, -0.2) is 36.7 Å². The average molecular weight is 399 g/mol. The van der Waals surface area contributed by atoms with Crippen LogP contribution in [0.15, 0.2) is 23.1 Å². The number of anilines is 1. The third kappa shape index (κ3) is 6.04. The van der Waals surface area contributed by atoms with E-state index in [9.17, 15) is 18.0 Å². The molecule has 1 aromatic carbocycles. The maximum atomic E-state index is 12.0. The van der Waals surface area contributed by atoms with Crippen molar-refractivity contribution in [3.05, 3.63) is 18.2 Å². The Morgan fingerprint density at radius 2 is 1.77 bits per heavy atom. The van der Waals surface area contributed by atoms with Crippen molar-refractivity contribution in [1.29, 1.82) is 0 Å². The van der Waals surface area contributed by atoms with Crippen LogP contribution in [0.4, 0.5) is 5.13 Å². The molecule has 0 atom stereocenters. The summed E-state index contributed by atoms with van der Waals surface area (Å²) in [7, 11) is -3.28. The Morgan fingerprint density at radius 3 is 2.38 bits per heavy atom. The molecule has 2 amide bonds. The van der Waals surface area contributed by atoms with Gasteiger partial charge in [-0.25, -0.2) is 18.9 Å². The van der Waals surface area contributed by atoms with Gasteiger partial charge in [-0.15, -0.1) is 0 Å². The molecule has 142 valence electrons. The van der Waals surface area contributed by atoms with E-state index in [1.165, 1.54) is 17.4 Å². The van der Waals surface area contributed by atoms with Crippen LogP contribution in [0.2, 0.25) is 0 Å². The Labute approximate surface area is 155 Å². The number of hydrogen-bond donors (Lipinski definition) is 3. The van der Waals surface area contributed by atoms with E-state index >= 15 is 0 Å². The van der Waals surface area contributed by atoms with Crippen LogP contribution in [0.25, 0.3) is 10.2 Å². The second kappa shape index (κ2) is 9.06.